The third-order valence-electron chi connectivity index (χ3n) is 9.46. The van der Waals surface area contributed by atoms with Crippen molar-refractivity contribution in [2.75, 3.05) is 13.1 Å². The highest BCUT2D eigenvalue weighted by Crippen LogP contribution is 2.39. The van der Waals surface area contributed by atoms with Gasteiger partial charge in [-0.3, -0.25) is 14.5 Å². The van der Waals surface area contributed by atoms with E-state index in [2.05, 4.69) is 15.5 Å². The van der Waals surface area contributed by atoms with Gasteiger partial charge in [-0.15, -0.1) is 0 Å². The molecule has 4 rings (SSSR count). The Bertz CT molecular complexity index is 1370. The summed E-state index contributed by atoms with van der Waals surface area (Å²) in [4.78, 5) is 29.2. The number of piperidine rings is 1. The van der Waals surface area contributed by atoms with Crippen LogP contribution in [-0.4, -0.2) is 71.8 Å². The van der Waals surface area contributed by atoms with Crippen LogP contribution < -0.4 is 10.6 Å². The Balaban J connectivity index is 1.51. The summed E-state index contributed by atoms with van der Waals surface area (Å²) in [6, 6.07) is 17.6. The van der Waals surface area contributed by atoms with Gasteiger partial charge in [0.2, 0.25) is 11.8 Å². The molecule has 1 saturated carbocycles. The fourth-order valence-electron chi connectivity index (χ4n) is 6.89. The molecule has 2 aromatic carbocycles. The molecule has 0 bridgehead atoms. The Morgan fingerprint density at radius 2 is 1.49 bits per heavy atom. The molecule has 0 unspecified atom stereocenters. The second kappa shape index (κ2) is 14.8. The van der Waals surface area contributed by atoms with Crippen LogP contribution in [0.3, 0.4) is 0 Å². The number of hydrogen-bond donors (Lipinski definition) is 3. The third kappa shape index (κ3) is 9.87. The number of hydrogen-bond acceptors (Lipinski definition) is 6. The van der Waals surface area contributed by atoms with E-state index in [9.17, 15) is 23.1 Å². The Kier molecular flexibility index (Phi) is 11.5. The molecule has 1 heterocycles. The fourth-order valence-corrected chi connectivity index (χ4v) is 8.26. The number of β-amino-alcohol motifs (C(OH)–C–C–N with tert-alkyl or cyclic N) is 1. The predicted molar refractivity (Wildman–Crippen MR) is 179 cm³/mol. The van der Waals surface area contributed by atoms with Crippen molar-refractivity contribution in [2.24, 2.45) is 11.8 Å². The van der Waals surface area contributed by atoms with Crippen LogP contribution in [0.15, 0.2) is 60.7 Å². The largest absolute Gasteiger partial charge is 0.390 e. The summed E-state index contributed by atoms with van der Waals surface area (Å²) < 4.78 is 25.4. The van der Waals surface area contributed by atoms with Crippen molar-refractivity contribution < 1.29 is 23.1 Å². The maximum Gasteiger partial charge on any atom is 0.237 e. The summed E-state index contributed by atoms with van der Waals surface area (Å²) in [5.41, 5.74) is 1.25. The van der Waals surface area contributed by atoms with Gasteiger partial charge in [0, 0.05) is 25.0 Å². The number of likely N-dealkylation sites (tertiary alicyclic amines) is 1. The van der Waals surface area contributed by atoms with Crippen molar-refractivity contribution in [1.82, 2.24) is 15.5 Å². The number of sulfone groups is 1. The van der Waals surface area contributed by atoms with Crippen LogP contribution in [0.25, 0.3) is 0 Å². The van der Waals surface area contributed by atoms with Gasteiger partial charge in [-0.2, -0.15) is 0 Å². The van der Waals surface area contributed by atoms with Crippen LogP contribution >= 0.6 is 0 Å². The van der Waals surface area contributed by atoms with Crippen LogP contribution in [0.4, 0.5) is 0 Å². The van der Waals surface area contributed by atoms with Gasteiger partial charge in [-0.05, 0) is 76.8 Å². The molecule has 9 heteroatoms. The zero-order valence-electron chi connectivity index (χ0n) is 27.7. The number of nitrogens with zero attached hydrogens (tertiary/aromatic N) is 1. The Morgan fingerprint density at radius 1 is 0.911 bits per heavy atom. The van der Waals surface area contributed by atoms with Crippen molar-refractivity contribution >= 4 is 21.7 Å². The normalized spacial score (nSPS) is 22.6. The minimum atomic E-state index is -3.66. The van der Waals surface area contributed by atoms with Gasteiger partial charge < -0.3 is 15.7 Å². The molecule has 8 nitrogen and oxygen atoms in total. The first-order valence-corrected chi connectivity index (χ1v) is 18.1. The van der Waals surface area contributed by atoms with E-state index >= 15 is 0 Å². The first-order valence-electron chi connectivity index (χ1n) is 16.5. The summed E-state index contributed by atoms with van der Waals surface area (Å²) in [5.74, 6) is 0.391. The number of carbonyl (C=O) groups excluding carboxylic acids is 2. The van der Waals surface area contributed by atoms with Crippen molar-refractivity contribution in [3.8, 4) is 0 Å². The summed E-state index contributed by atoms with van der Waals surface area (Å²) in [7, 11) is -3.66. The highest BCUT2D eigenvalue weighted by atomic mass is 32.2. The molecule has 1 aliphatic heterocycles. The monoisotopic (exact) mass is 639 g/mol. The average Bonchev–Trinajstić information content (AvgIpc) is 2.96. The molecule has 3 N–H and O–H groups in total. The summed E-state index contributed by atoms with van der Waals surface area (Å²) in [5, 5.41) is 17.9. The highest BCUT2D eigenvalue weighted by molar-refractivity contribution is 7.92. The first-order chi connectivity index (χ1) is 21.1. The summed E-state index contributed by atoms with van der Waals surface area (Å²) in [6.07, 6.45) is 4.59. The van der Waals surface area contributed by atoms with E-state index in [-0.39, 0.29) is 36.2 Å². The second-order valence-electron chi connectivity index (χ2n) is 14.9. The van der Waals surface area contributed by atoms with E-state index < -0.39 is 32.6 Å². The Morgan fingerprint density at radius 3 is 2.09 bits per heavy atom. The van der Waals surface area contributed by atoms with Crippen LogP contribution in [0.2, 0.25) is 0 Å². The van der Waals surface area contributed by atoms with Gasteiger partial charge in [-0.1, -0.05) is 79.9 Å². The average molecular weight is 640 g/mol. The van der Waals surface area contributed by atoms with Gasteiger partial charge >= 0.3 is 0 Å². The molecule has 45 heavy (non-hydrogen) atoms. The molecule has 0 spiro atoms. The van der Waals surface area contributed by atoms with E-state index in [0.29, 0.717) is 23.8 Å². The third-order valence-corrected chi connectivity index (χ3v) is 12.0. The maximum atomic E-state index is 13.5. The molecule has 2 aromatic rings. The van der Waals surface area contributed by atoms with Gasteiger partial charge in [0.1, 0.15) is 0 Å². The summed E-state index contributed by atoms with van der Waals surface area (Å²) >= 11 is 0. The molecule has 2 amide bonds. The number of aliphatic hydroxyl groups excluding tert-OH is 1. The molecule has 0 radical (unpaired) electrons. The zero-order valence-corrected chi connectivity index (χ0v) is 28.5. The lowest BCUT2D eigenvalue weighted by atomic mass is 9.72. The quantitative estimate of drug-likeness (QED) is 0.311. The Labute approximate surface area is 270 Å². The van der Waals surface area contributed by atoms with E-state index in [0.717, 1.165) is 31.4 Å². The maximum absolute atomic E-state index is 13.5. The SMILES string of the molecule is CC(C)(C)NC(=O)[C@@H]1C[C@@H]2CCCC[C@@H]2CN1C[C@@H](O)[C@H](Cc1ccccc1)NC(=O)CC(C)(C)S(=O)(=O)Cc1ccccc1. The van der Waals surface area contributed by atoms with Crippen LogP contribution in [0, 0.1) is 11.8 Å². The smallest absolute Gasteiger partial charge is 0.237 e. The van der Waals surface area contributed by atoms with E-state index in [1.165, 1.54) is 12.8 Å². The number of carbonyl (C=O) groups is 2. The topological polar surface area (TPSA) is 116 Å². The van der Waals surface area contributed by atoms with Gasteiger partial charge in [0.15, 0.2) is 9.84 Å². The van der Waals surface area contributed by atoms with E-state index in [1.807, 2.05) is 57.2 Å². The lowest BCUT2D eigenvalue weighted by Gasteiger charge is -2.47. The Hall–Kier alpha value is -2.75. The lowest BCUT2D eigenvalue weighted by Crippen LogP contribution is -2.60. The molecule has 248 valence electrons. The molecule has 5 atom stereocenters. The van der Waals surface area contributed by atoms with Gasteiger partial charge in [-0.25, -0.2) is 8.42 Å². The number of benzene rings is 2. The van der Waals surface area contributed by atoms with Crippen molar-refractivity contribution in [3.63, 3.8) is 0 Å². The van der Waals surface area contributed by atoms with E-state index in [1.54, 1.807) is 38.1 Å². The lowest BCUT2D eigenvalue weighted by molar-refractivity contribution is -0.133. The molecular weight excluding hydrogens is 586 g/mol. The van der Waals surface area contributed by atoms with Gasteiger partial charge in [0.05, 0.1) is 28.7 Å². The summed E-state index contributed by atoms with van der Waals surface area (Å²) in [6.45, 7) is 10.1. The predicted octanol–water partition coefficient (Wildman–Crippen LogP) is 4.65. The van der Waals surface area contributed by atoms with Crippen LogP contribution in [-0.2, 0) is 31.6 Å². The number of rotatable bonds is 12. The molecule has 1 saturated heterocycles. The second-order valence-corrected chi connectivity index (χ2v) is 17.5. The zero-order chi connectivity index (χ0) is 32.8. The molecule has 0 aromatic heterocycles. The van der Waals surface area contributed by atoms with Crippen LogP contribution in [0.1, 0.15) is 84.3 Å². The molecular formula is C36H53N3O5S. The number of fused-ring (bicyclic) bond motifs is 1. The van der Waals surface area contributed by atoms with Crippen LogP contribution in [0.5, 0.6) is 0 Å². The van der Waals surface area contributed by atoms with Crippen molar-refractivity contribution in [3.05, 3.63) is 71.8 Å². The van der Waals surface area contributed by atoms with Crippen molar-refractivity contribution in [2.45, 2.75) is 114 Å². The minimum Gasteiger partial charge on any atom is -0.390 e. The number of aliphatic hydroxyl groups is 1. The number of amides is 2. The standard InChI is InChI=1S/C36H53N3O5S/c1-35(2,3)38-34(42)31-21-28-18-12-13-19-29(28)23-39(31)24-32(40)30(20-26-14-8-6-9-15-26)37-33(41)22-36(4,5)45(43,44)25-27-16-10-7-11-17-27/h6-11,14-17,28-32,40H,12-13,18-25H2,1-5H3,(H,37,41)(H,38,42)/t28-,29+,30-,31-,32+/m0/s1. The first kappa shape index (κ1) is 35.1. The highest BCUT2D eigenvalue weighted by Gasteiger charge is 2.42. The molecule has 1 aliphatic carbocycles. The van der Waals surface area contributed by atoms with Gasteiger partial charge in [0.25, 0.3) is 0 Å². The minimum absolute atomic E-state index is 0.0206. The molecule has 2 fully saturated rings. The van der Waals surface area contributed by atoms with E-state index in [4.69, 9.17) is 0 Å². The number of nitrogens with one attached hydrogen (secondary N) is 2. The van der Waals surface area contributed by atoms with Crippen molar-refractivity contribution in [1.29, 1.82) is 0 Å². The fraction of sp³-hybridized carbons (Fsp3) is 0.611. The molecule has 2 aliphatic rings.